The van der Waals surface area contributed by atoms with Gasteiger partial charge in [0.15, 0.2) is 0 Å². The zero-order chi connectivity index (χ0) is 20.9. The van der Waals surface area contributed by atoms with Gasteiger partial charge in [0, 0.05) is 41.2 Å². The number of nitrogens with zero attached hydrogens (tertiary/aromatic N) is 4. The zero-order valence-corrected chi connectivity index (χ0v) is 16.0. The van der Waals surface area contributed by atoms with Crippen molar-refractivity contribution in [3.8, 4) is 11.3 Å². The fraction of sp³-hybridized carbons (Fsp3) is 0.0476. The van der Waals surface area contributed by atoms with Crippen LogP contribution in [-0.2, 0) is 0 Å². The van der Waals surface area contributed by atoms with Gasteiger partial charge in [-0.2, -0.15) is 0 Å². The molecule has 0 fully saturated rings. The van der Waals surface area contributed by atoms with Crippen LogP contribution in [0.2, 0.25) is 0 Å². The third kappa shape index (κ3) is 4.20. The molecule has 3 aromatic heterocycles. The second-order valence-electron chi connectivity index (χ2n) is 6.41. The van der Waals surface area contributed by atoms with E-state index in [4.69, 9.17) is 5.41 Å². The number of rotatable bonds is 6. The number of hydrogen-bond donors (Lipinski definition) is 4. The van der Waals surface area contributed by atoms with Crippen LogP contribution in [0, 0.1) is 5.41 Å². The molecule has 4 rings (SSSR count). The number of pyridine rings is 1. The normalized spacial score (nSPS) is 10.4. The van der Waals surface area contributed by atoms with E-state index in [-0.39, 0.29) is 16.8 Å². The van der Waals surface area contributed by atoms with Crippen molar-refractivity contribution in [1.29, 1.82) is 5.41 Å². The van der Waals surface area contributed by atoms with Gasteiger partial charge in [-0.25, -0.2) is 15.0 Å². The third-order valence-corrected chi connectivity index (χ3v) is 4.26. The average Bonchev–Trinajstić information content (AvgIpc) is 2.76. The minimum atomic E-state index is -0.357. The van der Waals surface area contributed by atoms with Crippen molar-refractivity contribution in [1.82, 2.24) is 24.9 Å². The first-order valence-corrected chi connectivity index (χ1v) is 9.11. The number of hydrogen-bond acceptors (Lipinski definition) is 8. The van der Waals surface area contributed by atoms with Crippen molar-refractivity contribution in [3.05, 3.63) is 83.3 Å². The SMILES string of the molecule is CC(=N)c1c(Nc2ccc(Nc3nccc(-c4ccncc4)n3)cc2)nc[nH]c1=O. The first kappa shape index (κ1) is 18.9. The molecule has 4 aromatic rings. The maximum absolute atomic E-state index is 12.0. The lowest BCUT2D eigenvalue weighted by Gasteiger charge is -2.10. The van der Waals surface area contributed by atoms with Crippen molar-refractivity contribution in [2.24, 2.45) is 0 Å². The summed E-state index contributed by atoms with van der Waals surface area (Å²) >= 11 is 0. The highest BCUT2D eigenvalue weighted by Crippen LogP contribution is 2.22. The summed E-state index contributed by atoms with van der Waals surface area (Å²) < 4.78 is 0. The Hall–Kier alpha value is -4.40. The summed E-state index contributed by atoms with van der Waals surface area (Å²) in [5, 5.41) is 14.0. The first-order valence-electron chi connectivity index (χ1n) is 9.11. The van der Waals surface area contributed by atoms with E-state index < -0.39 is 0 Å². The summed E-state index contributed by atoms with van der Waals surface area (Å²) in [6.07, 6.45) is 6.44. The number of anilines is 4. The molecular weight excluding hydrogens is 380 g/mol. The Labute approximate surface area is 171 Å². The molecule has 0 aliphatic carbocycles. The Morgan fingerprint density at radius 3 is 2.33 bits per heavy atom. The lowest BCUT2D eigenvalue weighted by Crippen LogP contribution is -2.19. The fourth-order valence-corrected chi connectivity index (χ4v) is 2.85. The van der Waals surface area contributed by atoms with Crippen LogP contribution in [0.15, 0.2) is 72.2 Å². The Bertz CT molecular complexity index is 1240. The van der Waals surface area contributed by atoms with Gasteiger partial charge in [0.2, 0.25) is 5.95 Å². The molecule has 0 aliphatic rings. The van der Waals surface area contributed by atoms with E-state index in [0.717, 1.165) is 22.6 Å². The quantitative estimate of drug-likeness (QED) is 0.365. The highest BCUT2D eigenvalue weighted by molar-refractivity contribution is 6.00. The van der Waals surface area contributed by atoms with Gasteiger partial charge >= 0.3 is 0 Å². The number of aromatic nitrogens is 5. The van der Waals surface area contributed by atoms with Gasteiger partial charge in [0.1, 0.15) is 11.4 Å². The van der Waals surface area contributed by atoms with Crippen molar-refractivity contribution in [2.45, 2.75) is 6.92 Å². The van der Waals surface area contributed by atoms with E-state index in [1.165, 1.54) is 6.33 Å². The summed E-state index contributed by atoms with van der Waals surface area (Å²) in [6.45, 7) is 1.55. The van der Waals surface area contributed by atoms with Gasteiger partial charge < -0.3 is 21.0 Å². The highest BCUT2D eigenvalue weighted by atomic mass is 16.1. The maximum Gasteiger partial charge on any atom is 0.261 e. The van der Waals surface area contributed by atoms with E-state index >= 15 is 0 Å². The predicted octanol–water partition coefficient (Wildman–Crippen LogP) is 3.50. The molecule has 4 N–H and O–H groups in total. The summed E-state index contributed by atoms with van der Waals surface area (Å²) in [7, 11) is 0. The van der Waals surface area contributed by atoms with Crippen LogP contribution in [0.1, 0.15) is 12.5 Å². The number of benzene rings is 1. The second kappa shape index (κ2) is 8.31. The van der Waals surface area contributed by atoms with Crippen LogP contribution in [0.4, 0.5) is 23.1 Å². The number of aromatic amines is 1. The van der Waals surface area contributed by atoms with Gasteiger partial charge in [0.25, 0.3) is 5.56 Å². The van der Waals surface area contributed by atoms with Crippen LogP contribution >= 0.6 is 0 Å². The van der Waals surface area contributed by atoms with Gasteiger partial charge in [-0.1, -0.05) is 0 Å². The van der Waals surface area contributed by atoms with E-state index in [2.05, 4.69) is 35.6 Å². The summed E-state index contributed by atoms with van der Waals surface area (Å²) in [4.78, 5) is 31.4. The molecule has 1 aromatic carbocycles. The van der Waals surface area contributed by atoms with Gasteiger partial charge in [-0.05, 0) is 49.4 Å². The predicted molar refractivity (Wildman–Crippen MR) is 116 cm³/mol. The molecule has 3 heterocycles. The molecule has 0 spiro atoms. The molecule has 0 aliphatic heterocycles. The van der Waals surface area contributed by atoms with Crippen LogP contribution in [-0.4, -0.2) is 30.6 Å². The van der Waals surface area contributed by atoms with Crippen LogP contribution in [0.3, 0.4) is 0 Å². The lowest BCUT2D eigenvalue weighted by molar-refractivity contribution is 1.10. The molecule has 0 amide bonds. The van der Waals surface area contributed by atoms with Gasteiger partial charge in [0.05, 0.1) is 12.0 Å². The molecule has 0 bridgehead atoms. The molecule has 0 radical (unpaired) electrons. The van der Waals surface area contributed by atoms with E-state index in [1.54, 1.807) is 25.5 Å². The molecule has 0 atom stereocenters. The molecule has 0 saturated heterocycles. The standard InChI is InChI=1S/C21H18N8O/c1-13(22)18-19(25-12-26-20(18)30)27-15-2-4-16(5-3-15)28-21-24-11-8-17(29-21)14-6-9-23-10-7-14/h2-12,22H,1H3,(H,24,28,29)(H2,25,26,27,30). The summed E-state index contributed by atoms with van der Waals surface area (Å²) in [5.74, 6) is 0.809. The Balaban J connectivity index is 1.51. The van der Waals surface area contributed by atoms with E-state index in [0.29, 0.717) is 11.8 Å². The minimum Gasteiger partial charge on any atom is -0.339 e. The largest absolute Gasteiger partial charge is 0.339 e. The van der Waals surface area contributed by atoms with Crippen molar-refractivity contribution in [2.75, 3.05) is 10.6 Å². The molecule has 9 nitrogen and oxygen atoms in total. The maximum atomic E-state index is 12.0. The van der Waals surface area contributed by atoms with Crippen molar-refractivity contribution >= 4 is 28.9 Å². The minimum absolute atomic E-state index is 0.136. The Kier molecular flexibility index (Phi) is 5.25. The van der Waals surface area contributed by atoms with Crippen LogP contribution < -0.4 is 16.2 Å². The third-order valence-electron chi connectivity index (χ3n) is 4.26. The number of nitrogens with one attached hydrogen (secondary N) is 4. The molecule has 148 valence electrons. The smallest absolute Gasteiger partial charge is 0.261 e. The number of H-pyrrole nitrogens is 1. The lowest BCUT2D eigenvalue weighted by atomic mass is 10.2. The summed E-state index contributed by atoms with van der Waals surface area (Å²) in [6, 6.07) is 13.0. The average molecular weight is 398 g/mol. The van der Waals surface area contributed by atoms with E-state index in [1.807, 2.05) is 42.5 Å². The van der Waals surface area contributed by atoms with Crippen LogP contribution in [0.5, 0.6) is 0 Å². The monoisotopic (exact) mass is 398 g/mol. The fourth-order valence-electron chi connectivity index (χ4n) is 2.85. The highest BCUT2D eigenvalue weighted by Gasteiger charge is 2.11. The zero-order valence-electron chi connectivity index (χ0n) is 16.0. The second-order valence-corrected chi connectivity index (χ2v) is 6.41. The molecular formula is C21H18N8O. The van der Waals surface area contributed by atoms with Gasteiger partial charge in [-0.3, -0.25) is 9.78 Å². The molecule has 0 saturated carbocycles. The molecule has 30 heavy (non-hydrogen) atoms. The Morgan fingerprint density at radius 2 is 1.63 bits per heavy atom. The van der Waals surface area contributed by atoms with Crippen molar-refractivity contribution < 1.29 is 0 Å². The first-order chi connectivity index (χ1) is 14.6. The van der Waals surface area contributed by atoms with Crippen molar-refractivity contribution in [3.63, 3.8) is 0 Å². The van der Waals surface area contributed by atoms with E-state index in [9.17, 15) is 4.79 Å². The Morgan fingerprint density at radius 1 is 0.933 bits per heavy atom. The summed E-state index contributed by atoms with van der Waals surface area (Å²) in [5.41, 5.74) is 3.27. The van der Waals surface area contributed by atoms with Crippen LogP contribution in [0.25, 0.3) is 11.3 Å². The topological polar surface area (TPSA) is 132 Å². The molecule has 9 heteroatoms. The molecule has 0 unspecified atom stereocenters. The van der Waals surface area contributed by atoms with Gasteiger partial charge in [-0.15, -0.1) is 0 Å².